The summed E-state index contributed by atoms with van der Waals surface area (Å²) in [7, 11) is 0. The lowest BCUT2D eigenvalue weighted by atomic mass is 10.1. The van der Waals surface area contributed by atoms with Gasteiger partial charge in [-0.3, -0.25) is 9.48 Å². The molecule has 5 nitrogen and oxygen atoms in total. The van der Waals surface area contributed by atoms with Gasteiger partial charge in [0.2, 0.25) is 0 Å². The molecule has 0 radical (unpaired) electrons. The molecular weight excluding hydrogens is 242 g/mol. The van der Waals surface area contributed by atoms with Crippen LogP contribution in [-0.2, 0) is 29.1 Å². The Morgan fingerprint density at radius 2 is 1.95 bits per heavy atom. The van der Waals surface area contributed by atoms with Crippen LogP contribution >= 0.6 is 0 Å². The molecular formula is C14H17N3O2. The number of esters is 1. The minimum Gasteiger partial charge on any atom is -0.459 e. The van der Waals surface area contributed by atoms with Crippen LogP contribution in [0, 0.1) is 0 Å². The molecule has 0 saturated heterocycles. The van der Waals surface area contributed by atoms with E-state index in [2.05, 4.69) is 12.0 Å². The number of aromatic nitrogens is 2. The van der Waals surface area contributed by atoms with Crippen LogP contribution in [0.1, 0.15) is 18.1 Å². The van der Waals surface area contributed by atoms with Gasteiger partial charge in [0, 0.05) is 6.20 Å². The van der Waals surface area contributed by atoms with Gasteiger partial charge in [0.15, 0.2) is 0 Å². The lowest BCUT2D eigenvalue weighted by Crippen LogP contribution is -2.14. The molecule has 0 bridgehead atoms. The Kier molecular flexibility index (Phi) is 4.18. The molecule has 100 valence electrons. The van der Waals surface area contributed by atoms with Crippen LogP contribution in [0.25, 0.3) is 0 Å². The summed E-state index contributed by atoms with van der Waals surface area (Å²) in [5.41, 5.74) is 7.71. The highest BCUT2D eigenvalue weighted by molar-refractivity contribution is 5.69. The molecule has 0 atom stereocenters. The summed E-state index contributed by atoms with van der Waals surface area (Å²) in [6.07, 6.45) is 2.65. The van der Waals surface area contributed by atoms with Crippen molar-refractivity contribution >= 4 is 11.8 Å². The normalized spacial score (nSPS) is 10.4. The van der Waals surface area contributed by atoms with Gasteiger partial charge in [-0.05, 0) is 23.6 Å². The fourth-order valence-electron chi connectivity index (χ4n) is 1.68. The van der Waals surface area contributed by atoms with E-state index in [0.29, 0.717) is 5.82 Å². The lowest BCUT2D eigenvalue weighted by molar-refractivity contribution is -0.145. The molecule has 5 heteroatoms. The summed E-state index contributed by atoms with van der Waals surface area (Å²) in [4.78, 5) is 11.6. The Labute approximate surface area is 112 Å². The van der Waals surface area contributed by atoms with Crippen molar-refractivity contribution in [3.05, 3.63) is 47.7 Å². The molecule has 1 heterocycles. The largest absolute Gasteiger partial charge is 0.459 e. The summed E-state index contributed by atoms with van der Waals surface area (Å²) < 4.78 is 6.63. The zero-order valence-corrected chi connectivity index (χ0v) is 10.9. The van der Waals surface area contributed by atoms with Crippen molar-refractivity contribution in [2.75, 3.05) is 5.73 Å². The molecule has 0 aliphatic heterocycles. The zero-order chi connectivity index (χ0) is 13.7. The van der Waals surface area contributed by atoms with E-state index in [4.69, 9.17) is 10.5 Å². The predicted octanol–water partition coefficient (Wildman–Crippen LogP) is 1.77. The Hall–Kier alpha value is -2.30. The lowest BCUT2D eigenvalue weighted by Gasteiger charge is -2.06. The Balaban J connectivity index is 1.82. The van der Waals surface area contributed by atoms with Crippen LogP contribution in [0.5, 0.6) is 0 Å². The van der Waals surface area contributed by atoms with Crippen molar-refractivity contribution < 1.29 is 9.53 Å². The summed E-state index contributed by atoms with van der Waals surface area (Å²) in [6, 6.07) is 9.65. The minimum atomic E-state index is -0.331. The first-order chi connectivity index (χ1) is 9.17. The number of carbonyl (C=O) groups excluding carboxylic acids is 1. The monoisotopic (exact) mass is 259 g/mol. The molecule has 0 unspecified atom stereocenters. The van der Waals surface area contributed by atoms with Crippen LogP contribution < -0.4 is 5.73 Å². The van der Waals surface area contributed by atoms with E-state index in [9.17, 15) is 4.79 Å². The Morgan fingerprint density at radius 1 is 1.26 bits per heavy atom. The fraction of sp³-hybridized carbons (Fsp3) is 0.286. The fourth-order valence-corrected chi connectivity index (χ4v) is 1.68. The molecule has 0 aliphatic rings. The van der Waals surface area contributed by atoms with Crippen molar-refractivity contribution in [1.29, 1.82) is 0 Å². The van der Waals surface area contributed by atoms with Gasteiger partial charge in [-0.25, -0.2) is 0 Å². The van der Waals surface area contributed by atoms with Gasteiger partial charge in [0.05, 0.1) is 0 Å². The van der Waals surface area contributed by atoms with Gasteiger partial charge in [0.1, 0.15) is 19.0 Å². The number of nitrogens with zero attached hydrogens (tertiary/aromatic N) is 2. The third kappa shape index (κ3) is 3.84. The molecule has 19 heavy (non-hydrogen) atoms. The molecule has 0 aliphatic carbocycles. The molecule has 0 saturated carbocycles. The SMILES string of the molecule is CCc1ccc(COC(=O)Cn2ccc(N)n2)cc1. The number of nitrogen functional groups attached to an aromatic ring is 1. The number of aryl methyl sites for hydroxylation is 1. The number of carbonyl (C=O) groups is 1. The molecule has 1 aromatic carbocycles. The maximum absolute atomic E-state index is 11.6. The Bertz CT molecular complexity index is 546. The van der Waals surface area contributed by atoms with Crippen molar-refractivity contribution in [2.24, 2.45) is 0 Å². The maximum atomic E-state index is 11.6. The van der Waals surface area contributed by atoms with Gasteiger partial charge < -0.3 is 10.5 Å². The van der Waals surface area contributed by atoms with Crippen molar-refractivity contribution in [1.82, 2.24) is 9.78 Å². The van der Waals surface area contributed by atoms with E-state index >= 15 is 0 Å². The minimum absolute atomic E-state index is 0.0737. The average molecular weight is 259 g/mol. The number of nitrogens with two attached hydrogens (primary N) is 1. The molecule has 2 aromatic rings. The maximum Gasteiger partial charge on any atom is 0.328 e. The molecule has 2 N–H and O–H groups in total. The molecule has 0 spiro atoms. The van der Waals surface area contributed by atoms with E-state index in [1.165, 1.54) is 10.2 Å². The van der Waals surface area contributed by atoms with Gasteiger partial charge in [-0.1, -0.05) is 31.2 Å². The number of benzene rings is 1. The third-order valence-electron chi connectivity index (χ3n) is 2.78. The first-order valence-electron chi connectivity index (χ1n) is 6.19. The van der Waals surface area contributed by atoms with Crippen LogP contribution in [0.2, 0.25) is 0 Å². The first-order valence-corrected chi connectivity index (χ1v) is 6.19. The highest BCUT2D eigenvalue weighted by atomic mass is 16.5. The van der Waals surface area contributed by atoms with Crippen molar-refractivity contribution in [2.45, 2.75) is 26.5 Å². The first kappa shape index (κ1) is 13.1. The third-order valence-corrected chi connectivity index (χ3v) is 2.78. The predicted molar refractivity (Wildman–Crippen MR) is 72.3 cm³/mol. The molecule has 2 rings (SSSR count). The molecule has 1 aromatic heterocycles. The Morgan fingerprint density at radius 3 is 2.53 bits per heavy atom. The average Bonchev–Trinajstić information content (AvgIpc) is 2.82. The van der Waals surface area contributed by atoms with E-state index in [-0.39, 0.29) is 19.1 Å². The van der Waals surface area contributed by atoms with Gasteiger partial charge in [0.25, 0.3) is 0 Å². The summed E-state index contributed by atoms with van der Waals surface area (Å²) >= 11 is 0. The second-order valence-corrected chi connectivity index (χ2v) is 4.27. The van der Waals surface area contributed by atoms with E-state index < -0.39 is 0 Å². The number of anilines is 1. The standard InChI is InChI=1S/C14H17N3O2/c1-2-11-3-5-12(6-4-11)10-19-14(18)9-17-8-7-13(15)16-17/h3-8H,2,9-10H2,1H3,(H2,15,16). The highest BCUT2D eigenvalue weighted by Crippen LogP contribution is 2.06. The van der Waals surface area contributed by atoms with Gasteiger partial charge in [-0.2, -0.15) is 5.10 Å². The number of hydrogen-bond acceptors (Lipinski definition) is 4. The summed E-state index contributed by atoms with van der Waals surface area (Å²) in [5, 5.41) is 3.92. The molecule has 0 fully saturated rings. The van der Waals surface area contributed by atoms with Crippen molar-refractivity contribution in [3.63, 3.8) is 0 Å². The smallest absolute Gasteiger partial charge is 0.328 e. The zero-order valence-electron chi connectivity index (χ0n) is 10.9. The molecule has 0 amide bonds. The van der Waals surface area contributed by atoms with E-state index in [1.54, 1.807) is 12.3 Å². The van der Waals surface area contributed by atoms with Crippen molar-refractivity contribution in [3.8, 4) is 0 Å². The van der Waals surface area contributed by atoms with Gasteiger partial charge in [-0.15, -0.1) is 0 Å². The van der Waals surface area contributed by atoms with E-state index in [0.717, 1.165) is 12.0 Å². The second kappa shape index (κ2) is 6.04. The summed E-state index contributed by atoms with van der Waals surface area (Å²) in [5.74, 6) is 0.0608. The van der Waals surface area contributed by atoms with Crippen LogP contribution in [-0.4, -0.2) is 15.7 Å². The summed E-state index contributed by atoms with van der Waals surface area (Å²) in [6.45, 7) is 2.45. The number of ether oxygens (including phenoxy) is 1. The van der Waals surface area contributed by atoms with Crippen LogP contribution in [0.15, 0.2) is 36.5 Å². The van der Waals surface area contributed by atoms with Crippen LogP contribution in [0.4, 0.5) is 5.82 Å². The van der Waals surface area contributed by atoms with E-state index in [1.807, 2.05) is 24.3 Å². The van der Waals surface area contributed by atoms with Crippen LogP contribution in [0.3, 0.4) is 0 Å². The number of hydrogen-bond donors (Lipinski definition) is 1. The van der Waals surface area contributed by atoms with Gasteiger partial charge >= 0.3 is 5.97 Å². The second-order valence-electron chi connectivity index (χ2n) is 4.27. The number of rotatable bonds is 5. The quantitative estimate of drug-likeness (QED) is 0.831. The highest BCUT2D eigenvalue weighted by Gasteiger charge is 2.05. The topological polar surface area (TPSA) is 70.1 Å².